The summed E-state index contributed by atoms with van der Waals surface area (Å²) in [5.41, 5.74) is 1.80. The minimum absolute atomic E-state index is 0.259. The number of hydrogen-bond donors (Lipinski definition) is 0. The zero-order chi connectivity index (χ0) is 14.7. The average molecular weight is 280 g/mol. The largest absolute Gasteiger partial charge is 0.486 e. The number of hydrogen-bond acceptors (Lipinski definition) is 3. The highest BCUT2D eigenvalue weighted by molar-refractivity contribution is 5.90. The van der Waals surface area contributed by atoms with Crippen LogP contribution in [0.1, 0.15) is 24.2 Å². The normalized spacial score (nSPS) is 21.8. The second-order valence-electron chi connectivity index (χ2n) is 4.97. The van der Waals surface area contributed by atoms with Crippen molar-refractivity contribution in [3.63, 3.8) is 0 Å². The highest BCUT2D eigenvalue weighted by atomic mass is 16.6. The Kier molecular flexibility index (Phi) is 3.73. The molecule has 106 valence electrons. The van der Waals surface area contributed by atoms with E-state index in [4.69, 9.17) is 9.47 Å². The van der Waals surface area contributed by atoms with Gasteiger partial charge < -0.3 is 9.47 Å². The van der Waals surface area contributed by atoms with Crippen LogP contribution in [-0.2, 0) is 14.3 Å². The SMILES string of the molecule is C[C@@H]1OC(c2ccccc2)=CC(=O)O[C@H]1c1ccccc1. The van der Waals surface area contributed by atoms with Crippen molar-refractivity contribution in [1.82, 2.24) is 0 Å². The second kappa shape index (κ2) is 5.83. The third-order valence-corrected chi connectivity index (χ3v) is 3.42. The molecular weight excluding hydrogens is 264 g/mol. The third kappa shape index (κ3) is 2.97. The minimum Gasteiger partial charge on any atom is -0.486 e. The summed E-state index contributed by atoms with van der Waals surface area (Å²) in [6.45, 7) is 1.91. The molecule has 0 fully saturated rings. The molecule has 0 bridgehead atoms. The van der Waals surface area contributed by atoms with Gasteiger partial charge in [-0.15, -0.1) is 0 Å². The summed E-state index contributed by atoms with van der Waals surface area (Å²) in [4.78, 5) is 12.0. The summed E-state index contributed by atoms with van der Waals surface area (Å²) < 4.78 is 11.5. The molecule has 0 radical (unpaired) electrons. The van der Waals surface area contributed by atoms with Crippen molar-refractivity contribution in [2.75, 3.05) is 0 Å². The van der Waals surface area contributed by atoms with Gasteiger partial charge in [-0.25, -0.2) is 4.79 Å². The van der Waals surface area contributed by atoms with Crippen molar-refractivity contribution in [2.24, 2.45) is 0 Å². The van der Waals surface area contributed by atoms with Gasteiger partial charge in [0.25, 0.3) is 0 Å². The Bertz CT molecular complexity index is 647. The van der Waals surface area contributed by atoms with E-state index in [-0.39, 0.29) is 12.1 Å². The van der Waals surface area contributed by atoms with Crippen molar-refractivity contribution < 1.29 is 14.3 Å². The summed E-state index contributed by atoms with van der Waals surface area (Å²) in [5, 5.41) is 0. The quantitative estimate of drug-likeness (QED) is 0.786. The van der Waals surface area contributed by atoms with E-state index in [1.807, 2.05) is 67.6 Å². The van der Waals surface area contributed by atoms with Gasteiger partial charge in [0.2, 0.25) is 0 Å². The molecule has 2 aromatic carbocycles. The van der Waals surface area contributed by atoms with Crippen LogP contribution in [0.3, 0.4) is 0 Å². The van der Waals surface area contributed by atoms with Gasteiger partial charge in [-0.2, -0.15) is 0 Å². The maximum Gasteiger partial charge on any atom is 0.335 e. The molecule has 0 saturated carbocycles. The minimum atomic E-state index is -0.406. The van der Waals surface area contributed by atoms with E-state index in [1.165, 1.54) is 6.08 Å². The Morgan fingerprint density at radius 2 is 1.48 bits per heavy atom. The van der Waals surface area contributed by atoms with E-state index in [9.17, 15) is 4.79 Å². The first-order valence-corrected chi connectivity index (χ1v) is 6.93. The molecule has 1 heterocycles. The van der Waals surface area contributed by atoms with Crippen LogP contribution in [-0.4, -0.2) is 12.1 Å². The standard InChI is InChI=1S/C18H16O3/c1-13-18(15-10-6-3-7-11-15)21-17(19)12-16(20-13)14-8-4-2-5-9-14/h2-13,18H,1H3/t13-,18+/m0/s1. The summed E-state index contributed by atoms with van der Waals surface area (Å²) in [5.74, 6) is 0.165. The van der Waals surface area contributed by atoms with Crippen LogP contribution in [0.25, 0.3) is 5.76 Å². The van der Waals surface area contributed by atoms with Gasteiger partial charge in [-0.1, -0.05) is 60.7 Å². The molecule has 0 unspecified atom stereocenters. The molecule has 1 aliphatic heterocycles. The van der Waals surface area contributed by atoms with Gasteiger partial charge in [0.05, 0.1) is 6.08 Å². The second-order valence-corrected chi connectivity index (χ2v) is 4.97. The van der Waals surface area contributed by atoms with Gasteiger partial charge in [-0.05, 0) is 12.5 Å². The summed E-state index contributed by atoms with van der Waals surface area (Å²) in [6.07, 6.45) is 0.746. The molecule has 0 saturated heterocycles. The molecule has 0 aliphatic carbocycles. The number of carbonyl (C=O) groups excluding carboxylic acids is 1. The third-order valence-electron chi connectivity index (χ3n) is 3.42. The highest BCUT2D eigenvalue weighted by Gasteiger charge is 2.28. The molecule has 0 amide bonds. The molecule has 1 aliphatic rings. The predicted octanol–water partition coefficient (Wildman–Crippen LogP) is 3.73. The Balaban J connectivity index is 1.89. The summed E-state index contributed by atoms with van der Waals surface area (Å²) >= 11 is 0. The molecular formula is C18H16O3. The molecule has 2 aromatic rings. The first kappa shape index (κ1) is 13.4. The van der Waals surface area contributed by atoms with Crippen LogP contribution in [0.4, 0.5) is 0 Å². The van der Waals surface area contributed by atoms with Gasteiger partial charge >= 0.3 is 5.97 Å². The molecule has 2 atom stereocenters. The number of benzene rings is 2. The van der Waals surface area contributed by atoms with E-state index >= 15 is 0 Å². The van der Waals surface area contributed by atoms with E-state index in [0.29, 0.717) is 5.76 Å². The molecule has 3 nitrogen and oxygen atoms in total. The van der Waals surface area contributed by atoms with Gasteiger partial charge in [0, 0.05) is 5.56 Å². The number of ether oxygens (including phenoxy) is 2. The first-order chi connectivity index (χ1) is 10.2. The van der Waals surface area contributed by atoms with Crippen molar-refractivity contribution in [3.8, 4) is 0 Å². The van der Waals surface area contributed by atoms with E-state index in [1.54, 1.807) is 0 Å². The topological polar surface area (TPSA) is 35.5 Å². The van der Waals surface area contributed by atoms with Crippen molar-refractivity contribution >= 4 is 11.7 Å². The summed E-state index contributed by atoms with van der Waals surface area (Å²) in [6, 6.07) is 19.2. The number of cyclic esters (lactones) is 1. The lowest BCUT2D eigenvalue weighted by atomic mass is 10.1. The monoisotopic (exact) mass is 280 g/mol. The van der Waals surface area contributed by atoms with Gasteiger partial charge in [0.1, 0.15) is 11.9 Å². The zero-order valence-electron chi connectivity index (χ0n) is 11.7. The predicted molar refractivity (Wildman–Crippen MR) is 80.2 cm³/mol. The van der Waals surface area contributed by atoms with Crippen LogP contribution >= 0.6 is 0 Å². The Morgan fingerprint density at radius 1 is 0.857 bits per heavy atom. The van der Waals surface area contributed by atoms with E-state index in [0.717, 1.165) is 11.1 Å². The number of esters is 1. The first-order valence-electron chi connectivity index (χ1n) is 6.93. The zero-order valence-corrected chi connectivity index (χ0v) is 11.7. The average Bonchev–Trinajstić information content (AvgIpc) is 2.68. The number of carbonyl (C=O) groups is 1. The smallest absolute Gasteiger partial charge is 0.335 e. The molecule has 3 rings (SSSR count). The van der Waals surface area contributed by atoms with Crippen LogP contribution < -0.4 is 0 Å². The molecule has 0 spiro atoms. The maximum atomic E-state index is 12.0. The fourth-order valence-corrected chi connectivity index (χ4v) is 2.39. The van der Waals surface area contributed by atoms with Gasteiger partial charge in [0.15, 0.2) is 6.10 Å². The lowest BCUT2D eigenvalue weighted by Crippen LogP contribution is -2.20. The van der Waals surface area contributed by atoms with Crippen molar-refractivity contribution in [3.05, 3.63) is 77.9 Å². The maximum absolute atomic E-state index is 12.0. The Morgan fingerprint density at radius 3 is 2.14 bits per heavy atom. The Labute approximate surface area is 123 Å². The van der Waals surface area contributed by atoms with Crippen molar-refractivity contribution in [1.29, 1.82) is 0 Å². The molecule has 21 heavy (non-hydrogen) atoms. The van der Waals surface area contributed by atoms with Crippen LogP contribution in [0.15, 0.2) is 66.7 Å². The fourth-order valence-electron chi connectivity index (χ4n) is 2.39. The fraction of sp³-hybridized carbons (Fsp3) is 0.167. The van der Waals surface area contributed by atoms with E-state index < -0.39 is 6.10 Å². The Hall–Kier alpha value is -2.55. The van der Waals surface area contributed by atoms with Crippen LogP contribution in [0.2, 0.25) is 0 Å². The molecule has 0 aromatic heterocycles. The van der Waals surface area contributed by atoms with E-state index in [2.05, 4.69) is 0 Å². The lowest BCUT2D eigenvalue weighted by molar-refractivity contribution is -0.146. The molecule has 0 N–H and O–H groups in total. The van der Waals surface area contributed by atoms with Crippen LogP contribution in [0, 0.1) is 0 Å². The number of rotatable bonds is 2. The molecule has 3 heteroatoms. The highest BCUT2D eigenvalue weighted by Crippen LogP contribution is 2.31. The summed E-state index contributed by atoms with van der Waals surface area (Å²) in [7, 11) is 0. The van der Waals surface area contributed by atoms with Crippen LogP contribution in [0.5, 0.6) is 0 Å². The van der Waals surface area contributed by atoms with Gasteiger partial charge in [-0.3, -0.25) is 0 Å². The lowest BCUT2D eigenvalue weighted by Gasteiger charge is -2.23. The van der Waals surface area contributed by atoms with Crippen molar-refractivity contribution in [2.45, 2.75) is 19.1 Å².